The van der Waals surface area contributed by atoms with Crippen LogP contribution in [0.15, 0.2) is 36.8 Å². The molecule has 0 saturated heterocycles. The first-order chi connectivity index (χ1) is 8.66. The van der Waals surface area contributed by atoms with Crippen molar-refractivity contribution in [2.45, 2.75) is 13.5 Å². The Morgan fingerprint density at radius 3 is 2.67 bits per heavy atom. The molecule has 0 bridgehead atoms. The standard InChI is InChI=1S/C14H18N4/c1-11-4-5-12(8-16-11)9-17-13-10-15-7-6-14(13)18(2)3/h4-8,10,17H,9H2,1-3H3. The average Bonchev–Trinajstić information content (AvgIpc) is 2.38. The van der Waals surface area contributed by atoms with E-state index in [-0.39, 0.29) is 0 Å². The van der Waals surface area contributed by atoms with Gasteiger partial charge in [-0.1, -0.05) is 6.07 Å². The maximum absolute atomic E-state index is 4.28. The normalized spacial score (nSPS) is 10.2. The lowest BCUT2D eigenvalue weighted by Crippen LogP contribution is -2.12. The van der Waals surface area contributed by atoms with Gasteiger partial charge in [0.25, 0.3) is 0 Å². The van der Waals surface area contributed by atoms with E-state index < -0.39 is 0 Å². The highest BCUT2D eigenvalue weighted by atomic mass is 15.1. The van der Waals surface area contributed by atoms with Gasteiger partial charge >= 0.3 is 0 Å². The predicted octanol–water partition coefficient (Wildman–Crippen LogP) is 2.46. The van der Waals surface area contributed by atoms with Crippen LogP contribution in [0, 0.1) is 6.92 Å². The molecule has 0 aliphatic heterocycles. The van der Waals surface area contributed by atoms with Gasteiger partial charge in [0, 0.05) is 38.7 Å². The molecule has 2 aromatic rings. The van der Waals surface area contributed by atoms with Gasteiger partial charge in [0.1, 0.15) is 0 Å². The van der Waals surface area contributed by atoms with Crippen molar-refractivity contribution in [1.82, 2.24) is 9.97 Å². The van der Waals surface area contributed by atoms with E-state index in [1.54, 1.807) is 6.20 Å². The molecule has 0 saturated carbocycles. The number of aryl methyl sites for hydroxylation is 1. The van der Waals surface area contributed by atoms with Crippen LogP contribution in [0.1, 0.15) is 11.3 Å². The van der Waals surface area contributed by atoms with Crippen molar-refractivity contribution in [2.24, 2.45) is 0 Å². The number of hydrogen-bond donors (Lipinski definition) is 1. The first kappa shape index (κ1) is 12.4. The van der Waals surface area contributed by atoms with Crippen LogP contribution in [0.5, 0.6) is 0 Å². The highest BCUT2D eigenvalue weighted by Crippen LogP contribution is 2.22. The fourth-order valence-corrected chi connectivity index (χ4v) is 1.71. The van der Waals surface area contributed by atoms with E-state index in [9.17, 15) is 0 Å². The lowest BCUT2D eigenvalue weighted by atomic mass is 10.2. The number of nitrogens with zero attached hydrogens (tertiary/aromatic N) is 3. The van der Waals surface area contributed by atoms with Gasteiger partial charge in [0.05, 0.1) is 17.6 Å². The third kappa shape index (κ3) is 2.97. The van der Waals surface area contributed by atoms with Crippen molar-refractivity contribution in [3.05, 3.63) is 48.0 Å². The Hall–Kier alpha value is -2.10. The Morgan fingerprint density at radius 2 is 2.00 bits per heavy atom. The number of pyridine rings is 2. The van der Waals surface area contributed by atoms with Gasteiger partial charge in [0.2, 0.25) is 0 Å². The summed E-state index contributed by atoms with van der Waals surface area (Å²) in [5.74, 6) is 0. The van der Waals surface area contributed by atoms with Crippen LogP contribution >= 0.6 is 0 Å². The van der Waals surface area contributed by atoms with Crippen LogP contribution < -0.4 is 10.2 Å². The summed E-state index contributed by atoms with van der Waals surface area (Å²) in [7, 11) is 4.04. The van der Waals surface area contributed by atoms with Crippen LogP contribution in [0.2, 0.25) is 0 Å². The molecule has 4 nitrogen and oxygen atoms in total. The van der Waals surface area contributed by atoms with Gasteiger partial charge in [-0.3, -0.25) is 9.97 Å². The minimum Gasteiger partial charge on any atom is -0.378 e. The third-order valence-electron chi connectivity index (χ3n) is 2.74. The van der Waals surface area contributed by atoms with Crippen LogP contribution in [-0.2, 0) is 6.54 Å². The number of hydrogen-bond acceptors (Lipinski definition) is 4. The SMILES string of the molecule is Cc1ccc(CNc2cnccc2N(C)C)cn1. The highest BCUT2D eigenvalue weighted by Gasteiger charge is 2.03. The van der Waals surface area contributed by atoms with Gasteiger partial charge in [-0.2, -0.15) is 0 Å². The molecule has 2 aromatic heterocycles. The fraction of sp³-hybridized carbons (Fsp3) is 0.286. The minimum atomic E-state index is 0.750. The minimum absolute atomic E-state index is 0.750. The summed E-state index contributed by atoms with van der Waals surface area (Å²) in [5.41, 5.74) is 4.36. The molecule has 0 aliphatic carbocycles. The van der Waals surface area contributed by atoms with E-state index in [4.69, 9.17) is 0 Å². The van der Waals surface area contributed by atoms with Gasteiger partial charge in [-0.15, -0.1) is 0 Å². The molecule has 0 amide bonds. The van der Waals surface area contributed by atoms with Crippen molar-refractivity contribution in [1.29, 1.82) is 0 Å². The molecule has 0 spiro atoms. The van der Waals surface area contributed by atoms with E-state index in [1.807, 2.05) is 45.5 Å². The zero-order chi connectivity index (χ0) is 13.0. The Bertz CT molecular complexity index is 505. The summed E-state index contributed by atoms with van der Waals surface area (Å²) in [6.45, 7) is 2.74. The first-order valence-corrected chi connectivity index (χ1v) is 5.93. The van der Waals surface area contributed by atoms with E-state index >= 15 is 0 Å². The summed E-state index contributed by atoms with van der Waals surface area (Å²) >= 11 is 0. The van der Waals surface area contributed by atoms with Crippen LogP contribution in [-0.4, -0.2) is 24.1 Å². The summed E-state index contributed by atoms with van der Waals surface area (Å²) < 4.78 is 0. The second-order valence-electron chi connectivity index (χ2n) is 4.45. The topological polar surface area (TPSA) is 41.1 Å². The molecular formula is C14H18N4. The summed E-state index contributed by atoms with van der Waals surface area (Å²) in [6.07, 6.45) is 5.54. The predicted molar refractivity (Wildman–Crippen MR) is 74.9 cm³/mol. The fourth-order valence-electron chi connectivity index (χ4n) is 1.71. The smallest absolute Gasteiger partial charge is 0.0766 e. The quantitative estimate of drug-likeness (QED) is 0.894. The molecule has 2 rings (SSSR count). The second-order valence-corrected chi connectivity index (χ2v) is 4.45. The van der Waals surface area contributed by atoms with E-state index in [2.05, 4.69) is 26.3 Å². The Kier molecular flexibility index (Phi) is 3.77. The lowest BCUT2D eigenvalue weighted by Gasteiger charge is -2.17. The van der Waals surface area contributed by atoms with Gasteiger partial charge in [-0.05, 0) is 24.6 Å². The van der Waals surface area contributed by atoms with Crippen molar-refractivity contribution >= 4 is 11.4 Å². The highest BCUT2D eigenvalue weighted by molar-refractivity contribution is 5.68. The first-order valence-electron chi connectivity index (χ1n) is 5.93. The number of anilines is 2. The monoisotopic (exact) mass is 242 g/mol. The molecule has 0 radical (unpaired) electrons. The molecule has 0 aliphatic rings. The van der Waals surface area contributed by atoms with Gasteiger partial charge < -0.3 is 10.2 Å². The zero-order valence-corrected chi connectivity index (χ0v) is 11.0. The zero-order valence-electron chi connectivity index (χ0n) is 11.0. The summed E-state index contributed by atoms with van der Waals surface area (Å²) in [6, 6.07) is 6.10. The Labute approximate surface area is 108 Å². The van der Waals surface area contributed by atoms with Gasteiger partial charge in [0.15, 0.2) is 0 Å². The van der Waals surface area contributed by atoms with Crippen LogP contribution in [0.25, 0.3) is 0 Å². The molecule has 0 fully saturated rings. The van der Waals surface area contributed by atoms with E-state index in [0.717, 1.165) is 29.2 Å². The largest absolute Gasteiger partial charge is 0.378 e. The molecule has 1 N–H and O–H groups in total. The Morgan fingerprint density at radius 1 is 1.17 bits per heavy atom. The van der Waals surface area contributed by atoms with Gasteiger partial charge in [-0.25, -0.2) is 0 Å². The number of aromatic nitrogens is 2. The average molecular weight is 242 g/mol. The molecule has 0 atom stereocenters. The van der Waals surface area contributed by atoms with Crippen molar-refractivity contribution in [3.8, 4) is 0 Å². The molecule has 4 heteroatoms. The molecular weight excluding hydrogens is 224 g/mol. The number of rotatable bonds is 4. The van der Waals surface area contributed by atoms with E-state index in [0.29, 0.717) is 0 Å². The maximum atomic E-state index is 4.28. The number of nitrogens with one attached hydrogen (secondary N) is 1. The second kappa shape index (κ2) is 5.49. The van der Waals surface area contributed by atoms with Crippen LogP contribution in [0.3, 0.4) is 0 Å². The molecule has 94 valence electrons. The molecule has 18 heavy (non-hydrogen) atoms. The van der Waals surface area contributed by atoms with Crippen molar-refractivity contribution < 1.29 is 0 Å². The molecule has 0 aromatic carbocycles. The maximum Gasteiger partial charge on any atom is 0.0766 e. The van der Waals surface area contributed by atoms with Crippen molar-refractivity contribution in [3.63, 3.8) is 0 Å². The lowest BCUT2D eigenvalue weighted by molar-refractivity contribution is 1.06. The summed E-state index contributed by atoms with van der Waals surface area (Å²) in [4.78, 5) is 10.5. The molecule has 2 heterocycles. The van der Waals surface area contributed by atoms with Crippen LogP contribution in [0.4, 0.5) is 11.4 Å². The third-order valence-corrected chi connectivity index (χ3v) is 2.74. The van der Waals surface area contributed by atoms with Crippen molar-refractivity contribution in [2.75, 3.05) is 24.3 Å². The summed E-state index contributed by atoms with van der Waals surface area (Å²) in [5, 5.41) is 3.39. The Balaban J connectivity index is 2.08. The molecule has 0 unspecified atom stereocenters. The van der Waals surface area contributed by atoms with E-state index in [1.165, 1.54) is 0 Å².